The largest absolute Gasteiger partial charge is 0.351 e. The molecule has 1 saturated heterocycles. The average molecular weight is 496 g/mol. The van der Waals surface area contributed by atoms with Gasteiger partial charge >= 0.3 is 0 Å². The lowest BCUT2D eigenvalue weighted by molar-refractivity contribution is -0.114. The van der Waals surface area contributed by atoms with Gasteiger partial charge in [0.25, 0.3) is 0 Å². The van der Waals surface area contributed by atoms with E-state index in [9.17, 15) is 4.79 Å². The maximum Gasteiger partial charge on any atom is 0.221 e. The molecule has 0 aliphatic carbocycles. The molecule has 2 atom stereocenters. The number of anilines is 2. The number of carbonyl (C=O) groups excluding carboxylic acids is 1. The fraction of sp³-hybridized carbons (Fsp3) is 0.207. The van der Waals surface area contributed by atoms with Crippen LogP contribution >= 0.6 is 12.2 Å². The van der Waals surface area contributed by atoms with Crippen LogP contribution < -0.4 is 15.5 Å². The van der Waals surface area contributed by atoms with Crippen LogP contribution in [0, 0.1) is 20.8 Å². The highest BCUT2D eigenvalue weighted by atomic mass is 32.1. The summed E-state index contributed by atoms with van der Waals surface area (Å²) < 4.78 is 2.32. The van der Waals surface area contributed by atoms with Crippen LogP contribution in [-0.2, 0) is 4.79 Å². The molecule has 0 spiro atoms. The molecule has 2 unspecified atom stereocenters. The van der Waals surface area contributed by atoms with Crippen molar-refractivity contribution in [2.45, 2.75) is 39.8 Å². The van der Waals surface area contributed by atoms with Gasteiger partial charge in [-0.1, -0.05) is 24.3 Å². The number of amides is 1. The SMILES string of the molecule is CC(=O)Nc1ccc(N2C(=S)NC(c3ccccn3)C2c2cc(C)n(-c3ccccc3C)c2C)cc1. The zero-order valence-corrected chi connectivity index (χ0v) is 21.6. The van der Waals surface area contributed by atoms with Crippen molar-refractivity contribution in [2.75, 3.05) is 10.2 Å². The summed E-state index contributed by atoms with van der Waals surface area (Å²) in [6.07, 6.45) is 1.82. The number of pyridine rings is 1. The number of hydrogen-bond acceptors (Lipinski definition) is 3. The topological polar surface area (TPSA) is 62.2 Å². The van der Waals surface area contributed by atoms with Gasteiger partial charge in [-0.25, -0.2) is 0 Å². The van der Waals surface area contributed by atoms with Crippen LogP contribution in [0.25, 0.3) is 5.69 Å². The fourth-order valence-electron chi connectivity index (χ4n) is 5.13. The minimum atomic E-state index is -0.125. The van der Waals surface area contributed by atoms with Gasteiger partial charge in [0.2, 0.25) is 5.91 Å². The van der Waals surface area contributed by atoms with Crippen LogP contribution in [0.1, 0.15) is 47.2 Å². The van der Waals surface area contributed by atoms with E-state index in [4.69, 9.17) is 12.2 Å². The molecule has 2 aromatic heterocycles. The maximum absolute atomic E-state index is 11.5. The fourth-order valence-corrected chi connectivity index (χ4v) is 5.48. The second kappa shape index (κ2) is 9.59. The highest BCUT2D eigenvalue weighted by molar-refractivity contribution is 7.80. The average Bonchev–Trinajstić information content (AvgIpc) is 3.35. The van der Waals surface area contributed by atoms with Crippen LogP contribution in [0.5, 0.6) is 0 Å². The van der Waals surface area contributed by atoms with Crippen LogP contribution in [-0.4, -0.2) is 20.6 Å². The van der Waals surface area contributed by atoms with Crippen LogP contribution in [0.2, 0.25) is 0 Å². The Bertz CT molecular complexity index is 1430. The van der Waals surface area contributed by atoms with Crippen LogP contribution in [0.15, 0.2) is 79.0 Å². The zero-order chi connectivity index (χ0) is 25.4. The summed E-state index contributed by atoms with van der Waals surface area (Å²) in [7, 11) is 0. The number of hydrogen-bond donors (Lipinski definition) is 2. The van der Waals surface area contributed by atoms with E-state index in [-0.39, 0.29) is 18.0 Å². The number of thiocarbonyl (C=S) groups is 1. The third-order valence-electron chi connectivity index (χ3n) is 6.71. The second-order valence-electron chi connectivity index (χ2n) is 9.17. The first-order valence-corrected chi connectivity index (χ1v) is 12.4. The van der Waals surface area contributed by atoms with Gasteiger partial charge < -0.3 is 20.1 Å². The van der Waals surface area contributed by atoms with E-state index in [1.807, 2.05) is 48.7 Å². The molecular formula is C29H29N5OS. The Morgan fingerprint density at radius 2 is 1.72 bits per heavy atom. The Kier molecular flexibility index (Phi) is 6.33. The number of carbonyl (C=O) groups is 1. The zero-order valence-electron chi connectivity index (χ0n) is 20.8. The van der Waals surface area contributed by atoms with Crippen molar-refractivity contribution in [3.63, 3.8) is 0 Å². The summed E-state index contributed by atoms with van der Waals surface area (Å²) in [4.78, 5) is 18.3. The monoisotopic (exact) mass is 495 g/mol. The van der Waals surface area contributed by atoms with Gasteiger partial charge in [0.1, 0.15) is 0 Å². The van der Waals surface area contributed by atoms with E-state index in [1.165, 1.54) is 29.4 Å². The molecular weight excluding hydrogens is 466 g/mol. The van der Waals surface area contributed by atoms with Gasteiger partial charge in [-0.05, 0) is 92.6 Å². The Hall–Kier alpha value is -3.97. The summed E-state index contributed by atoms with van der Waals surface area (Å²) in [6.45, 7) is 7.96. The minimum absolute atomic E-state index is 0.0992. The molecule has 0 bridgehead atoms. The molecule has 7 heteroatoms. The molecule has 36 heavy (non-hydrogen) atoms. The highest BCUT2D eigenvalue weighted by Gasteiger charge is 2.42. The molecule has 5 rings (SSSR count). The first-order chi connectivity index (χ1) is 17.3. The minimum Gasteiger partial charge on any atom is -0.351 e. The summed E-state index contributed by atoms with van der Waals surface area (Å²) in [5.41, 5.74) is 8.54. The van der Waals surface area contributed by atoms with Crippen LogP contribution in [0.4, 0.5) is 11.4 Å². The quantitative estimate of drug-likeness (QED) is 0.336. The lowest BCUT2D eigenvalue weighted by Crippen LogP contribution is -2.29. The second-order valence-corrected chi connectivity index (χ2v) is 9.56. The lowest BCUT2D eigenvalue weighted by atomic mass is 9.96. The molecule has 1 aliphatic heterocycles. The number of para-hydroxylation sites is 1. The molecule has 1 fully saturated rings. The lowest BCUT2D eigenvalue weighted by Gasteiger charge is -2.28. The van der Waals surface area contributed by atoms with Crippen molar-refractivity contribution in [1.29, 1.82) is 0 Å². The van der Waals surface area contributed by atoms with Crippen molar-refractivity contribution in [3.05, 3.63) is 107 Å². The van der Waals surface area contributed by atoms with Crippen LogP contribution in [0.3, 0.4) is 0 Å². The first-order valence-electron chi connectivity index (χ1n) is 12.0. The number of nitrogens with one attached hydrogen (secondary N) is 2. The standard InChI is InChI=1S/C29H29N5OS/c1-18-9-5-6-11-26(18)33-19(2)17-24(20(33)3)28-27(25-10-7-8-16-30-25)32-29(36)34(28)23-14-12-22(13-15-23)31-21(4)35/h5-17,27-28H,1-4H3,(H,31,35)(H,32,36). The Morgan fingerprint density at radius 1 is 1.00 bits per heavy atom. The third-order valence-corrected chi connectivity index (χ3v) is 7.02. The molecule has 2 aromatic carbocycles. The molecule has 6 nitrogen and oxygen atoms in total. The maximum atomic E-state index is 11.5. The summed E-state index contributed by atoms with van der Waals surface area (Å²) >= 11 is 5.89. The normalized spacial score (nSPS) is 17.2. The molecule has 1 aliphatic rings. The Labute approximate surface area is 217 Å². The van der Waals surface area contributed by atoms with E-state index in [0.717, 1.165) is 22.8 Å². The number of nitrogens with zero attached hydrogens (tertiary/aromatic N) is 3. The molecule has 0 saturated carbocycles. The van der Waals surface area contributed by atoms with E-state index >= 15 is 0 Å². The van der Waals surface area contributed by atoms with E-state index in [1.54, 1.807) is 0 Å². The van der Waals surface area contributed by atoms with Gasteiger partial charge in [-0.3, -0.25) is 9.78 Å². The first kappa shape index (κ1) is 23.8. The molecule has 0 radical (unpaired) electrons. The smallest absolute Gasteiger partial charge is 0.221 e. The molecule has 2 N–H and O–H groups in total. The van der Waals surface area contributed by atoms with Crippen molar-refractivity contribution in [3.8, 4) is 5.69 Å². The predicted octanol–water partition coefficient (Wildman–Crippen LogP) is 5.93. The Morgan fingerprint density at radius 3 is 2.39 bits per heavy atom. The molecule has 182 valence electrons. The summed E-state index contributed by atoms with van der Waals surface area (Å²) in [5.74, 6) is -0.0992. The summed E-state index contributed by atoms with van der Waals surface area (Å²) in [5, 5.41) is 7.01. The summed E-state index contributed by atoms with van der Waals surface area (Å²) in [6, 6.07) is 24.2. The van der Waals surface area contributed by atoms with Crippen molar-refractivity contribution >= 4 is 34.6 Å². The van der Waals surface area contributed by atoms with Crippen molar-refractivity contribution in [2.24, 2.45) is 0 Å². The Balaban J connectivity index is 1.64. The van der Waals surface area contributed by atoms with E-state index in [2.05, 4.69) is 76.2 Å². The third kappa shape index (κ3) is 4.27. The van der Waals surface area contributed by atoms with Gasteiger partial charge in [0.05, 0.1) is 17.8 Å². The van der Waals surface area contributed by atoms with E-state index < -0.39 is 0 Å². The number of aromatic nitrogens is 2. The van der Waals surface area contributed by atoms with Crippen molar-refractivity contribution in [1.82, 2.24) is 14.9 Å². The number of aryl methyl sites for hydroxylation is 2. The molecule has 3 heterocycles. The van der Waals surface area contributed by atoms with Gasteiger partial charge in [0, 0.05) is 41.6 Å². The predicted molar refractivity (Wildman–Crippen MR) is 149 cm³/mol. The van der Waals surface area contributed by atoms with E-state index in [0.29, 0.717) is 5.11 Å². The van der Waals surface area contributed by atoms with Crippen molar-refractivity contribution < 1.29 is 4.79 Å². The molecule has 1 amide bonds. The number of benzene rings is 2. The van der Waals surface area contributed by atoms with Gasteiger partial charge in [-0.2, -0.15) is 0 Å². The van der Waals surface area contributed by atoms with Gasteiger partial charge in [0.15, 0.2) is 5.11 Å². The molecule has 4 aromatic rings. The number of rotatable bonds is 5. The van der Waals surface area contributed by atoms with Gasteiger partial charge in [-0.15, -0.1) is 0 Å². The highest BCUT2D eigenvalue weighted by Crippen LogP contribution is 2.44.